The van der Waals surface area contributed by atoms with Gasteiger partial charge >= 0.3 is 5.97 Å². The average Bonchev–Trinajstić information content (AvgIpc) is 3.30. The van der Waals surface area contributed by atoms with Crippen molar-refractivity contribution in [3.8, 4) is 21.7 Å². The highest BCUT2D eigenvalue weighted by Crippen LogP contribution is 2.40. The summed E-state index contributed by atoms with van der Waals surface area (Å²) in [4.78, 5) is 34.5. The summed E-state index contributed by atoms with van der Waals surface area (Å²) in [7, 11) is 0. The lowest BCUT2D eigenvalue weighted by Crippen LogP contribution is -2.10. The van der Waals surface area contributed by atoms with Crippen LogP contribution in [0.25, 0.3) is 21.7 Å². The molecule has 172 valence electrons. The van der Waals surface area contributed by atoms with E-state index in [0.29, 0.717) is 22.8 Å². The van der Waals surface area contributed by atoms with Gasteiger partial charge in [-0.2, -0.15) is 0 Å². The number of anilines is 1. The Kier molecular flexibility index (Phi) is 7.13. The zero-order chi connectivity index (χ0) is 24.1. The molecule has 4 rings (SSSR count). The van der Waals surface area contributed by atoms with E-state index < -0.39 is 12.1 Å². The highest BCUT2D eigenvalue weighted by molar-refractivity contribution is 7.15. The summed E-state index contributed by atoms with van der Waals surface area (Å²) in [6.45, 7) is 5.65. The largest absolute Gasteiger partial charge is 0.452 e. The Balaban J connectivity index is 1.72. The molecule has 1 N–H and O–H groups in total. The highest BCUT2D eigenvalue weighted by atomic mass is 32.1. The number of amides is 1. The Bertz CT molecular complexity index is 1320. The summed E-state index contributed by atoms with van der Waals surface area (Å²) in [5.74, 6) is -0.0107. The third-order valence-electron chi connectivity index (χ3n) is 5.19. The van der Waals surface area contributed by atoms with Crippen molar-refractivity contribution in [3.05, 3.63) is 89.1 Å². The smallest absolute Gasteiger partial charge is 0.338 e. The Morgan fingerprint density at radius 1 is 1.03 bits per heavy atom. The molecule has 0 aliphatic heterocycles. The van der Waals surface area contributed by atoms with E-state index in [4.69, 9.17) is 9.72 Å². The number of aromatic nitrogens is 2. The van der Waals surface area contributed by atoms with Gasteiger partial charge in [0.25, 0.3) is 0 Å². The fourth-order valence-electron chi connectivity index (χ4n) is 3.42. The van der Waals surface area contributed by atoms with Gasteiger partial charge in [-0.1, -0.05) is 48.9 Å². The molecular formula is C27H25N3O3S. The standard InChI is InChI=1S/C27H25N3O3S/c1-4-23(31)29-22-16-21(13-14-28-22)25-24(20-12-8-9-17(2)15-20)30-26(34-25)18(3)33-27(32)19-10-6-5-7-11-19/h5-16,18H,4H2,1-3H3,(H,28,29,31). The fraction of sp³-hybridized carbons (Fsp3) is 0.185. The normalized spacial score (nSPS) is 11.6. The van der Waals surface area contributed by atoms with Gasteiger partial charge in [0.1, 0.15) is 10.8 Å². The summed E-state index contributed by atoms with van der Waals surface area (Å²) in [6, 6.07) is 20.7. The molecule has 0 saturated carbocycles. The monoisotopic (exact) mass is 471 g/mol. The first-order valence-corrected chi connectivity index (χ1v) is 11.9. The third kappa shape index (κ3) is 5.38. The molecule has 4 aromatic rings. The Morgan fingerprint density at radius 2 is 1.82 bits per heavy atom. The summed E-state index contributed by atoms with van der Waals surface area (Å²) < 4.78 is 5.72. The van der Waals surface area contributed by atoms with Crippen LogP contribution in [0.2, 0.25) is 0 Å². The molecule has 2 heterocycles. The summed E-state index contributed by atoms with van der Waals surface area (Å²) in [6.07, 6.45) is 1.50. The van der Waals surface area contributed by atoms with Crippen molar-refractivity contribution < 1.29 is 14.3 Å². The van der Waals surface area contributed by atoms with Gasteiger partial charge in [-0.25, -0.2) is 14.8 Å². The molecular weight excluding hydrogens is 446 g/mol. The van der Waals surface area contributed by atoms with E-state index in [2.05, 4.69) is 16.4 Å². The van der Waals surface area contributed by atoms with Crippen molar-refractivity contribution in [2.24, 2.45) is 0 Å². The number of ether oxygens (including phenoxy) is 1. The number of carbonyl (C=O) groups is 2. The number of pyridine rings is 1. The molecule has 0 aliphatic rings. The number of esters is 1. The first-order valence-electron chi connectivity index (χ1n) is 11.0. The van der Waals surface area contributed by atoms with Gasteiger partial charge in [-0.15, -0.1) is 11.3 Å². The van der Waals surface area contributed by atoms with E-state index >= 15 is 0 Å². The zero-order valence-corrected chi connectivity index (χ0v) is 20.1. The number of benzene rings is 2. The van der Waals surface area contributed by atoms with Gasteiger partial charge in [-0.3, -0.25) is 4.79 Å². The zero-order valence-electron chi connectivity index (χ0n) is 19.2. The van der Waals surface area contributed by atoms with E-state index in [0.717, 1.165) is 27.3 Å². The van der Waals surface area contributed by atoms with E-state index in [1.165, 1.54) is 11.3 Å². The highest BCUT2D eigenvalue weighted by Gasteiger charge is 2.22. The number of hydrogen-bond acceptors (Lipinski definition) is 6. The molecule has 1 unspecified atom stereocenters. The van der Waals surface area contributed by atoms with Crippen molar-refractivity contribution in [2.75, 3.05) is 5.32 Å². The van der Waals surface area contributed by atoms with Gasteiger partial charge in [0.05, 0.1) is 16.1 Å². The van der Waals surface area contributed by atoms with Gasteiger partial charge < -0.3 is 10.1 Å². The van der Waals surface area contributed by atoms with E-state index in [1.807, 2.05) is 50.2 Å². The predicted octanol–water partition coefficient (Wildman–Crippen LogP) is 6.45. The van der Waals surface area contributed by atoms with Crippen LogP contribution in [-0.4, -0.2) is 21.8 Å². The van der Waals surface area contributed by atoms with Crippen LogP contribution in [0.5, 0.6) is 0 Å². The maximum Gasteiger partial charge on any atom is 0.338 e. The Hall–Kier alpha value is -3.84. The Labute approximate surface area is 202 Å². The van der Waals surface area contributed by atoms with Crippen LogP contribution in [0.15, 0.2) is 72.9 Å². The van der Waals surface area contributed by atoms with Crippen molar-refractivity contribution in [3.63, 3.8) is 0 Å². The van der Waals surface area contributed by atoms with Crippen molar-refractivity contribution >= 4 is 29.0 Å². The molecule has 7 heteroatoms. The molecule has 0 aliphatic carbocycles. The molecule has 0 fully saturated rings. The average molecular weight is 472 g/mol. The molecule has 0 bridgehead atoms. The quantitative estimate of drug-likeness (QED) is 0.313. The SMILES string of the molecule is CCC(=O)Nc1cc(-c2sc(C(C)OC(=O)c3ccccc3)nc2-c2cccc(C)c2)ccn1. The topological polar surface area (TPSA) is 81.2 Å². The molecule has 0 radical (unpaired) electrons. The van der Waals surface area contributed by atoms with E-state index in [-0.39, 0.29) is 5.91 Å². The molecule has 34 heavy (non-hydrogen) atoms. The number of nitrogens with one attached hydrogen (secondary N) is 1. The minimum Gasteiger partial charge on any atom is -0.452 e. The summed E-state index contributed by atoms with van der Waals surface area (Å²) >= 11 is 1.46. The first-order chi connectivity index (χ1) is 16.4. The van der Waals surface area contributed by atoms with Gasteiger partial charge in [-0.05, 0) is 49.7 Å². The maximum absolute atomic E-state index is 12.6. The lowest BCUT2D eigenvalue weighted by Gasteiger charge is -2.10. The summed E-state index contributed by atoms with van der Waals surface area (Å²) in [5, 5.41) is 3.50. The van der Waals surface area contributed by atoms with Crippen molar-refractivity contribution in [2.45, 2.75) is 33.3 Å². The lowest BCUT2D eigenvalue weighted by atomic mass is 10.1. The molecule has 2 aromatic carbocycles. The molecule has 2 aromatic heterocycles. The predicted molar refractivity (Wildman–Crippen MR) is 135 cm³/mol. The van der Waals surface area contributed by atoms with Crippen LogP contribution in [0.3, 0.4) is 0 Å². The fourth-order valence-corrected chi connectivity index (χ4v) is 4.48. The number of aryl methyl sites for hydroxylation is 1. The van der Waals surface area contributed by atoms with Crippen molar-refractivity contribution in [1.29, 1.82) is 0 Å². The molecule has 1 atom stereocenters. The van der Waals surface area contributed by atoms with E-state index in [1.54, 1.807) is 37.4 Å². The van der Waals surface area contributed by atoms with Crippen LogP contribution < -0.4 is 5.32 Å². The minimum atomic E-state index is -0.531. The number of rotatable bonds is 7. The number of carbonyl (C=O) groups excluding carboxylic acids is 2. The molecule has 1 amide bonds. The molecule has 0 spiro atoms. The van der Waals surface area contributed by atoms with Gasteiger partial charge in [0.2, 0.25) is 5.91 Å². The van der Waals surface area contributed by atoms with Crippen molar-refractivity contribution in [1.82, 2.24) is 9.97 Å². The maximum atomic E-state index is 12.6. The van der Waals surface area contributed by atoms with Crippen LogP contribution in [-0.2, 0) is 9.53 Å². The second kappa shape index (κ2) is 10.4. The van der Waals surface area contributed by atoms with Crippen LogP contribution in [0, 0.1) is 6.92 Å². The van der Waals surface area contributed by atoms with Gasteiger partial charge in [0.15, 0.2) is 6.10 Å². The minimum absolute atomic E-state index is 0.102. The molecule has 6 nitrogen and oxygen atoms in total. The second-order valence-electron chi connectivity index (χ2n) is 7.84. The van der Waals surface area contributed by atoms with E-state index in [9.17, 15) is 9.59 Å². The Morgan fingerprint density at radius 3 is 2.56 bits per heavy atom. The lowest BCUT2D eigenvalue weighted by molar-refractivity contribution is -0.115. The molecule has 0 saturated heterocycles. The van der Waals surface area contributed by atoms with Crippen LogP contribution in [0.1, 0.15) is 47.3 Å². The van der Waals surface area contributed by atoms with Gasteiger partial charge in [0, 0.05) is 18.2 Å². The number of nitrogens with zero attached hydrogens (tertiary/aromatic N) is 2. The second-order valence-corrected chi connectivity index (χ2v) is 8.88. The number of thiazole rings is 1. The number of hydrogen-bond donors (Lipinski definition) is 1. The van der Waals surface area contributed by atoms with Crippen LogP contribution in [0.4, 0.5) is 5.82 Å². The third-order valence-corrected chi connectivity index (χ3v) is 6.45. The van der Waals surface area contributed by atoms with Crippen LogP contribution >= 0.6 is 11.3 Å². The summed E-state index contributed by atoms with van der Waals surface area (Å²) in [5.41, 5.74) is 4.26. The first kappa shape index (κ1) is 23.3.